The van der Waals surface area contributed by atoms with Crippen LogP contribution >= 0.6 is 11.8 Å². The third-order valence-electron chi connectivity index (χ3n) is 2.45. The van der Waals surface area contributed by atoms with E-state index in [1.54, 1.807) is 6.20 Å². The smallest absolute Gasteiger partial charge is 0.0624 e. The monoisotopic (exact) mass is 210 g/mol. The van der Waals surface area contributed by atoms with Gasteiger partial charge in [-0.2, -0.15) is 11.8 Å². The van der Waals surface area contributed by atoms with Crippen molar-refractivity contribution in [2.75, 3.05) is 12.4 Å². The fourth-order valence-electron chi connectivity index (χ4n) is 1.57. The average molecular weight is 210 g/mol. The molecule has 1 unspecified atom stereocenters. The number of hydrogen-bond donors (Lipinski definition) is 2. The minimum absolute atomic E-state index is 0.0202. The first kappa shape index (κ1) is 9.96. The van der Waals surface area contributed by atoms with Crippen molar-refractivity contribution in [2.24, 2.45) is 5.73 Å². The van der Waals surface area contributed by atoms with Gasteiger partial charge in [0.2, 0.25) is 0 Å². The largest absolute Gasteiger partial charge is 0.394 e. The van der Waals surface area contributed by atoms with E-state index in [1.807, 2.05) is 11.8 Å². The normalized spacial score (nSPS) is 17.6. The van der Waals surface area contributed by atoms with Gasteiger partial charge in [-0.25, -0.2) is 0 Å². The fourth-order valence-corrected chi connectivity index (χ4v) is 2.52. The summed E-state index contributed by atoms with van der Waals surface area (Å²) in [6.45, 7) is -0.0202. The number of aliphatic hydroxyl groups excluding tert-OH is 1. The van der Waals surface area contributed by atoms with Gasteiger partial charge < -0.3 is 10.8 Å². The van der Waals surface area contributed by atoms with Crippen molar-refractivity contribution in [1.29, 1.82) is 0 Å². The molecular formula is C10H14N2OS. The minimum atomic E-state index is -0.292. The van der Waals surface area contributed by atoms with Crippen molar-refractivity contribution >= 4 is 11.8 Å². The maximum absolute atomic E-state index is 8.93. The molecule has 4 heteroatoms. The highest BCUT2D eigenvalue weighted by Crippen LogP contribution is 2.24. The zero-order valence-corrected chi connectivity index (χ0v) is 8.76. The lowest BCUT2D eigenvalue weighted by molar-refractivity contribution is 0.267. The summed E-state index contributed by atoms with van der Waals surface area (Å²) in [5.41, 5.74) is 9.14. The molecule has 2 rings (SSSR count). The van der Waals surface area contributed by atoms with Gasteiger partial charge in [-0.15, -0.1) is 0 Å². The molecule has 3 nitrogen and oxygen atoms in total. The molecule has 76 valence electrons. The Morgan fingerprint density at radius 3 is 3.29 bits per heavy atom. The predicted molar refractivity (Wildman–Crippen MR) is 58.1 cm³/mol. The van der Waals surface area contributed by atoms with Crippen LogP contribution in [0, 0.1) is 0 Å². The first-order valence-electron chi connectivity index (χ1n) is 4.73. The van der Waals surface area contributed by atoms with Crippen molar-refractivity contribution in [3.8, 4) is 0 Å². The summed E-state index contributed by atoms with van der Waals surface area (Å²) in [6, 6.07) is 1.79. The number of rotatable bonds is 2. The van der Waals surface area contributed by atoms with Crippen molar-refractivity contribution in [2.45, 2.75) is 18.2 Å². The van der Waals surface area contributed by atoms with Crippen LogP contribution in [0.25, 0.3) is 0 Å². The molecule has 0 bridgehead atoms. The van der Waals surface area contributed by atoms with Crippen LogP contribution in [0.5, 0.6) is 0 Å². The SMILES string of the molecule is NC(CO)c1cnc2c(c1)CSCC2. The fraction of sp³-hybridized carbons (Fsp3) is 0.500. The summed E-state index contributed by atoms with van der Waals surface area (Å²) in [7, 11) is 0. The molecule has 1 aromatic heterocycles. The van der Waals surface area contributed by atoms with Crippen molar-refractivity contribution < 1.29 is 5.11 Å². The first-order chi connectivity index (χ1) is 6.81. The van der Waals surface area contributed by atoms with E-state index in [2.05, 4.69) is 11.1 Å². The number of aromatic nitrogens is 1. The van der Waals surface area contributed by atoms with Gasteiger partial charge in [0.15, 0.2) is 0 Å². The Kier molecular flexibility index (Phi) is 3.05. The molecule has 0 saturated heterocycles. The van der Waals surface area contributed by atoms with Gasteiger partial charge in [-0.05, 0) is 29.4 Å². The van der Waals surface area contributed by atoms with Gasteiger partial charge in [0.1, 0.15) is 0 Å². The molecule has 0 amide bonds. The number of thioether (sulfide) groups is 1. The number of aliphatic hydroxyl groups is 1. The van der Waals surface area contributed by atoms with E-state index >= 15 is 0 Å². The van der Waals surface area contributed by atoms with Crippen molar-refractivity contribution in [3.63, 3.8) is 0 Å². The number of fused-ring (bicyclic) bond motifs is 1. The number of aryl methyl sites for hydroxylation is 1. The van der Waals surface area contributed by atoms with Crippen LogP contribution in [0.4, 0.5) is 0 Å². The second-order valence-electron chi connectivity index (χ2n) is 3.47. The third kappa shape index (κ3) is 1.92. The quantitative estimate of drug-likeness (QED) is 0.760. The second kappa shape index (κ2) is 4.29. The maximum Gasteiger partial charge on any atom is 0.0624 e. The van der Waals surface area contributed by atoms with Crippen LogP contribution in [0.1, 0.15) is 22.9 Å². The molecule has 0 spiro atoms. The highest BCUT2D eigenvalue weighted by molar-refractivity contribution is 7.98. The van der Waals surface area contributed by atoms with Crippen LogP contribution in [0.2, 0.25) is 0 Å². The summed E-state index contributed by atoms with van der Waals surface area (Å²) < 4.78 is 0. The Morgan fingerprint density at radius 2 is 2.50 bits per heavy atom. The van der Waals surface area contributed by atoms with Gasteiger partial charge in [-0.3, -0.25) is 4.98 Å². The topological polar surface area (TPSA) is 59.1 Å². The zero-order valence-electron chi connectivity index (χ0n) is 7.94. The molecule has 2 heterocycles. The number of nitrogens with zero attached hydrogens (tertiary/aromatic N) is 1. The number of nitrogens with two attached hydrogens (primary N) is 1. The maximum atomic E-state index is 8.93. The third-order valence-corrected chi connectivity index (χ3v) is 3.45. The molecule has 0 fully saturated rings. The summed E-state index contributed by atoms with van der Waals surface area (Å²) in [5.74, 6) is 2.18. The molecule has 0 aromatic carbocycles. The lowest BCUT2D eigenvalue weighted by Gasteiger charge is -2.16. The summed E-state index contributed by atoms with van der Waals surface area (Å²) in [5, 5.41) is 8.93. The van der Waals surface area contributed by atoms with Crippen LogP contribution in [0.15, 0.2) is 12.3 Å². The Labute approximate surface area is 87.7 Å². The summed E-state index contributed by atoms with van der Waals surface area (Å²) in [6.07, 6.45) is 2.84. The Morgan fingerprint density at radius 1 is 1.64 bits per heavy atom. The zero-order chi connectivity index (χ0) is 9.97. The molecule has 0 radical (unpaired) electrons. The van der Waals surface area contributed by atoms with Crippen molar-refractivity contribution in [1.82, 2.24) is 4.98 Å². The Bertz CT molecular complexity index is 330. The Hall–Kier alpha value is -0.580. The van der Waals surface area contributed by atoms with Gasteiger partial charge in [0.05, 0.1) is 12.6 Å². The van der Waals surface area contributed by atoms with Gasteiger partial charge >= 0.3 is 0 Å². The lowest BCUT2D eigenvalue weighted by atomic mass is 10.1. The number of pyridine rings is 1. The van der Waals surface area contributed by atoms with Gasteiger partial charge in [-0.1, -0.05) is 0 Å². The average Bonchev–Trinajstić information content (AvgIpc) is 2.27. The molecule has 0 saturated carbocycles. The summed E-state index contributed by atoms with van der Waals surface area (Å²) >= 11 is 1.92. The van der Waals surface area contributed by atoms with Crippen LogP contribution in [-0.2, 0) is 12.2 Å². The van der Waals surface area contributed by atoms with Crippen LogP contribution in [0.3, 0.4) is 0 Å². The minimum Gasteiger partial charge on any atom is -0.394 e. The van der Waals surface area contributed by atoms with E-state index < -0.39 is 0 Å². The lowest BCUT2D eigenvalue weighted by Crippen LogP contribution is -2.16. The molecule has 3 N–H and O–H groups in total. The van der Waals surface area contributed by atoms with Gasteiger partial charge in [0, 0.05) is 17.6 Å². The van der Waals surface area contributed by atoms with Crippen molar-refractivity contribution in [3.05, 3.63) is 29.1 Å². The molecule has 14 heavy (non-hydrogen) atoms. The molecule has 1 aromatic rings. The highest BCUT2D eigenvalue weighted by atomic mass is 32.2. The second-order valence-corrected chi connectivity index (χ2v) is 4.57. The van der Waals surface area contributed by atoms with E-state index in [9.17, 15) is 0 Å². The molecule has 0 aliphatic carbocycles. The van der Waals surface area contributed by atoms with E-state index in [-0.39, 0.29) is 12.6 Å². The molecule has 1 atom stereocenters. The standard InChI is InChI=1S/C10H14N2OS/c11-9(5-13)7-3-8-6-14-2-1-10(8)12-4-7/h3-4,9,13H,1-2,5-6,11H2. The van der Waals surface area contributed by atoms with Gasteiger partial charge in [0.25, 0.3) is 0 Å². The number of hydrogen-bond acceptors (Lipinski definition) is 4. The summed E-state index contributed by atoms with van der Waals surface area (Å²) in [4.78, 5) is 4.38. The predicted octanol–water partition coefficient (Wildman–Crippen LogP) is 0.863. The van der Waals surface area contributed by atoms with E-state index in [1.165, 1.54) is 11.3 Å². The van der Waals surface area contributed by atoms with E-state index in [0.29, 0.717) is 0 Å². The molecule has 1 aliphatic heterocycles. The molecular weight excluding hydrogens is 196 g/mol. The van der Waals surface area contributed by atoms with E-state index in [4.69, 9.17) is 10.8 Å². The van der Waals surface area contributed by atoms with Crippen LogP contribution < -0.4 is 5.73 Å². The van der Waals surface area contributed by atoms with Crippen LogP contribution in [-0.4, -0.2) is 22.5 Å². The first-order valence-corrected chi connectivity index (χ1v) is 5.88. The highest BCUT2D eigenvalue weighted by Gasteiger charge is 2.13. The van der Waals surface area contributed by atoms with E-state index in [0.717, 1.165) is 23.5 Å². The Balaban J connectivity index is 2.29. The molecule has 1 aliphatic rings.